The van der Waals surface area contributed by atoms with Gasteiger partial charge >= 0.3 is 0 Å². The summed E-state index contributed by atoms with van der Waals surface area (Å²) < 4.78 is 0.876. The minimum absolute atomic E-state index is 0.175. The molecule has 0 saturated heterocycles. The molecular formula is C8H9BrN2O4S2. The van der Waals surface area contributed by atoms with Crippen molar-refractivity contribution in [3.63, 3.8) is 0 Å². The first kappa shape index (κ1) is 14.4. The second-order valence-corrected chi connectivity index (χ2v) is 6.27. The van der Waals surface area contributed by atoms with Crippen molar-refractivity contribution < 1.29 is 9.85 Å². The van der Waals surface area contributed by atoms with Crippen molar-refractivity contribution in [2.24, 2.45) is 0 Å². The summed E-state index contributed by atoms with van der Waals surface area (Å²) in [6, 6.07) is 1.82. The molecule has 0 saturated carbocycles. The molecule has 0 radical (unpaired) electrons. The van der Waals surface area contributed by atoms with Gasteiger partial charge in [0.15, 0.2) is 0 Å². The SMILES string of the molecule is O=[N+]([O-])CCSC(C[N+](=O)[O-])c1cc(Br)cs1. The van der Waals surface area contributed by atoms with E-state index in [1.165, 1.54) is 23.1 Å². The number of nitro groups is 2. The van der Waals surface area contributed by atoms with Gasteiger partial charge in [-0.3, -0.25) is 20.2 Å². The molecule has 0 aromatic carbocycles. The Morgan fingerprint density at radius 1 is 1.41 bits per heavy atom. The van der Waals surface area contributed by atoms with E-state index in [4.69, 9.17) is 0 Å². The number of halogens is 1. The molecule has 6 nitrogen and oxygen atoms in total. The Balaban J connectivity index is 2.60. The fraction of sp³-hybridized carbons (Fsp3) is 0.500. The van der Waals surface area contributed by atoms with Gasteiger partial charge in [0.2, 0.25) is 13.1 Å². The molecule has 0 aliphatic rings. The van der Waals surface area contributed by atoms with Crippen molar-refractivity contribution in [2.75, 3.05) is 18.8 Å². The van der Waals surface area contributed by atoms with Crippen molar-refractivity contribution >= 4 is 39.0 Å². The summed E-state index contributed by atoms with van der Waals surface area (Å²) >= 11 is 5.95. The summed E-state index contributed by atoms with van der Waals surface area (Å²) in [5, 5.41) is 22.3. The van der Waals surface area contributed by atoms with Gasteiger partial charge in [0.1, 0.15) is 5.25 Å². The van der Waals surface area contributed by atoms with Crippen molar-refractivity contribution in [2.45, 2.75) is 5.25 Å². The Morgan fingerprint density at radius 2 is 2.12 bits per heavy atom. The van der Waals surface area contributed by atoms with Crippen LogP contribution in [-0.2, 0) is 0 Å². The second kappa shape index (κ2) is 6.92. The Kier molecular flexibility index (Phi) is 5.86. The smallest absolute Gasteiger partial charge is 0.220 e. The van der Waals surface area contributed by atoms with Gasteiger partial charge in [-0.25, -0.2) is 0 Å². The average Bonchev–Trinajstić information content (AvgIpc) is 2.62. The second-order valence-electron chi connectivity index (χ2n) is 3.10. The fourth-order valence-corrected chi connectivity index (χ4v) is 3.91. The van der Waals surface area contributed by atoms with Crippen LogP contribution in [0, 0.1) is 20.2 Å². The van der Waals surface area contributed by atoms with E-state index >= 15 is 0 Å². The summed E-state index contributed by atoms with van der Waals surface area (Å²) in [7, 11) is 0. The summed E-state index contributed by atoms with van der Waals surface area (Å²) in [5.74, 6) is 0.279. The maximum absolute atomic E-state index is 10.5. The van der Waals surface area contributed by atoms with E-state index in [0.29, 0.717) is 0 Å². The first-order valence-corrected chi connectivity index (χ1v) is 7.30. The summed E-state index contributed by atoms with van der Waals surface area (Å²) in [5.41, 5.74) is 0. The number of rotatable bonds is 7. The Morgan fingerprint density at radius 3 is 2.59 bits per heavy atom. The number of hydrogen-bond donors (Lipinski definition) is 0. The molecule has 0 amide bonds. The number of hydrogen-bond acceptors (Lipinski definition) is 6. The Hall–Kier alpha value is -0.670. The van der Waals surface area contributed by atoms with E-state index in [-0.39, 0.29) is 24.1 Å². The molecule has 9 heteroatoms. The summed E-state index contributed by atoms with van der Waals surface area (Å²) in [4.78, 5) is 20.8. The van der Waals surface area contributed by atoms with Gasteiger partial charge in [0.05, 0.1) is 5.75 Å². The molecule has 0 aliphatic carbocycles. The zero-order valence-electron chi connectivity index (χ0n) is 8.58. The highest BCUT2D eigenvalue weighted by Gasteiger charge is 2.20. The number of nitrogens with zero attached hydrogens (tertiary/aromatic N) is 2. The van der Waals surface area contributed by atoms with Crippen LogP contribution in [0.5, 0.6) is 0 Å². The summed E-state index contributed by atoms with van der Waals surface area (Å²) in [6.45, 7) is -0.388. The normalized spacial score (nSPS) is 12.3. The third-order valence-electron chi connectivity index (χ3n) is 1.81. The number of thioether (sulfide) groups is 1. The van der Waals surface area contributed by atoms with Crippen molar-refractivity contribution in [1.82, 2.24) is 0 Å². The van der Waals surface area contributed by atoms with Crippen molar-refractivity contribution in [1.29, 1.82) is 0 Å². The molecule has 1 aromatic heterocycles. The zero-order chi connectivity index (χ0) is 12.8. The molecule has 1 rings (SSSR count). The third-order valence-corrected chi connectivity index (χ3v) is 4.99. The molecule has 17 heavy (non-hydrogen) atoms. The van der Waals surface area contributed by atoms with Gasteiger partial charge in [-0.15, -0.1) is 23.1 Å². The van der Waals surface area contributed by atoms with Crippen LogP contribution in [-0.4, -0.2) is 28.7 Å². The highest BCUT2D eigenvalue weighted by atomic mass is 79.9. The molecule has 1 atom stereocenters. The molecule has 1 heterocycles. The lowest BCUT2D eigenvalue weighted by Gasteiger charge is -2.08. The largest absolute Gasteiger partial charge is 0.265 e. The van der Waals surface area contributed by atoms with Crippen LogP contribution in [0.3, 0.4) is 0 Å². The highest BCUT2D eigenvalue weighted by molar-refractivity contribution is 9.10. The molecule has 94 valence electrons. The minimum Gasteiger partial charge on any atom is -0.265 e. The van der Waals surface area contributed by atoms with E-state index in [1.807, 2.05) is 11.4 Å². The van der Waals surface area contributed by atoms with Crippen LogP contribution in [0.25, 0.3) is 0 Å². The molecule has 1 aromatic rings. The van der Waals surface area contributed by atoms with Gasteiger partial charge in [-0.2, -0.15) is 0 Å². The maximum Gasteiger partial charge on any atom is 0.220 e. The van der Waals surface area contributed by atoms with Crippen molar-refractivity contribution in [3.05, 3.63) is 41.0 Å². The predicted molar refractivity (Wildman–Crippen MR) is 70.9 cm³/mol. The number of thiophene rings is 1. The standard InChI is InChI=1S/C8H9BrN2O4S2/c9-6-3-7(17-5-6)8(4-11(14)15)16-2-1-10(12)13/h3,5,8H,1-2,4H2. The highest BCUT2D eigenvalue weighted by Crippen LogP contribution is 2.34. The van der Waals surface area contributed by atoms with Crippen LogP contribution in [0.1, 0.15) is 10.1 Å². The van der Waals surface area contributed by atoms with Crippen LogP contribution in [0.2, 0.25) is 0 Å². The lowest BCUT2D eigenvalue weighted by Crippen LogP contribution is -2.11. The molecule has 0 N–H and O–H groups in total. The fourth-order valence-electron chi connectivity index (χ4n) is 1.13. The molecule has 0 aliphatic heterocycles. The van der Waals surface area contributed by atoms with Crippen LogP contribution < -0.4 is 0 Å². The van der Waals surface area contributed by atoms with Gasteiger partial charge in [-0.1, -0.05) is 0 Å². The van der Waals surface area contributed by atoms with Gasteiger partial charge < -0.3 is 0 Å². The Labute approximate surface area is 114 Å². The van der Waals surface area contributed by atoms with E-state index < -0.39 is 9.85 Å². The van der Waals surface area contributed by atoms with E-state index in [1.54, 1.807) is 0 Å². The minimum atomic E-state index is -0.416. The van der Waals surface area contributed by atoms with Crippen LogP contribution in [0.15, 0.2) is 15.9 Å². The average molecular weight is 341 g/mol. The Bertz CT molecular complexity index is 412. The van der Waals surface area contributed by atoms with Crippen LogP contribution >= 0.6 is 39.0 Å². The van der Waals surface area contributed by atoms with Gasteiger partial charge in [0, 0.05) is 24.6 Å². The first-order valence-electron chi connectivity index (χ1n) is 4.58. The molecular weight excluding hydrogens is 332 g/mol. The quantitative estimate of drug-likeness (QED) is 0.562. The predicted octanol–water partition coefficient (Wildman–Crippen LogP) is 2.84. The van der Waals surface area contributed by atoms with Gasteiger partial charge in [0.25, 0.3) is 0 Å². The maximum atomic E-state index is 10.5. The van der Waals surface area contributed by atoms with Crippen molar-refractivity contribution in [3.8, 4) is 0 Å². The monoisotopic (exact) mass is 340 g/mol. The first-order chi connectivity index (χ1) is 7.99. The van der Waals surface area contributed by atoms with E-state index in [2.05, 4.69) is 15.9 Å². The zero-order valence-corrected chi connectivity index (χ0v) is 11.8. The van der Waals surface area contributed by atoms with Gasteiger partial charge in [-0.05, 0) is 22.0 Å². The topological polar surface area (TPSA) is 86.3 Å². The van der Waals surface area contributed by atoms with E-state index in [9.17, 15) is 20.2 Å². The third kappa shape index (κ3) is 5.46. The molecule has 0 spiro atoms. The van der Waals surface area contributed by atoms with Crippen LogP contribution in [0.4, 0.5) is 0 Å². The molecule has 1 unspecified atom stereocenters. The summed E-state index contributed by atoms with van der Waals surface area (Å²) in [6.07, 6.45) is 0. The lowest BCUT2D eigenvalue weighted by atomic mass is 10.3. The molecule has 0 fully saturated rings. The molecule has 0 bridgehead atoms. The van der Waals surface area contributed by atoms with E-state index in [0.717, 1.165) is 9.35 Å². The lowest BCUT2D eigenvalue weighted by molar-refractivity contribution is -0.479.